The fourth-order valence-corrected chi connectivity index (χ4v) is 1.90. The van der Waals surface area contributed by atoms with Crippen LogP contribution in [0.3, 0.4) is 0 Å². The summed E-state index contributed by atoms with van der Waals surface area (Å²) in [4.78, 5) is 0. The Hall–Kier alpha value is -1.70. The molecule has 0 bridgehead atoms. The van der Waals surface area contributed by atoms with Gasteiger partial charge in [-0.15, -0.1) is 0 Å². The van der Waals surface area contributed by atoms with Crippen molar-refractivity contribution in [3.05, 3.63) is 60.1 Å². The van der Waals surface area contributed by atoms with Gasteiger partial charge in [0.15, 0.2) is 0 Å². The van der Waals surface area contributed by atoms with E-state index < -0.39 is 0 Å². The average molecular weight is 229 g/mol. The van der Waals surface area contributed by atoms with Gasteiger partial charge in [0.05, 0.1) is 0 Å². The topological polar surface area (TPSA) is 21.3 Å². The smallest absolute Gasteiger partial charge is 0.117 e. The van der Waals surface area contributed by atoms with E-state index in [1.54, 1.807) is 0 Å². The summed E-state index contributed by atoms with van der Waals surface area (Å²) in [6, 6.07) is 0. The first-order chi connectivity index (χ1) is 8.38. The van der Waals surface area contributed by atoms with Gasteiger partial charge < -0.3 is 10.1 Å². The van der Waals surface area contributed by atoms with Crippen molar-refractivity contribution in [2.75, 3.05) is 7.05 Å². The summed E-state index contributed by atoms with van der Waals surface area (Å²) in [5, 5.41) is 3.16. The Bertz CT molecular complexity index is 399. The molecule has 0 heterocycles. The lowest BCUT2D eigenvalue weighted by molar-refractivity contribution is 0.144. The number of nitrogens with one attached hydrogen (secondary N) is 1. The zero-order valence-corrected chi connectivity index (χ0v) is 10.2. The molecule has 0 amide bonds. The molecule has 2 aliphatic carbocycles. The van der Waals surface area contributed by atoms with E-state index in [1.165, 1.54) is 5.70 Å². The van der Waals surface area contributed by atoms with Crippen LogP contribution >= 0.6 is 0 Å². The minimum absolute atomic E-state index is 0.184. The van der Waals surface area contributed by atoms with Crippen molar-refractivity contribution in [1.82, 2.24) is 5.32 Å². The highest BCUT2D eigenvalue weighted by atomic mass is 16.5. The Labute approximate surface area is 103 Å². The molecule has 0 aromatic rings. The second kappa shape index (κ2) is 6.14. The van der Waals surface area contributed by atoms with Crippen molar-refractivity contribution >= 4 is 0 Å². The predicted molar refractivity (Wildman–Crippen MR) is 71.4 cm³/mol. The number of allylic oxidation sites excluding steroid dienone is 7. The molecule has 2 nitrogen and oxygen atoms in total. The second-order valence-electron chi connectivity index (χ2n) is 4.15. The molecule has 0 spiro atoms. The number of hydrogen-bond acceptors (Lipinski definition) is 2. The molecule has 1 N–H and O–H groups in total. The van der Waals surface area contributed by atoms with Gasteiger partial charge in [-0.2, -0.15) is 0 Å². The summed E-state index contributed by atoms with van der Waals surface area (Å²) >= 11 is 0. The maximum absolute atomic E-state index is 6.00. The Balaban J connectivity index is 1.94. The highest BCUT2D eigenvalue weighted by Crippen LogP contribution is 2.18. The highest BCUT2D eigenvalue weighted by Gasteiger charge is 2.10. The molecule has 1 atom stereocenters. The van der Waals surface area contributed by atoms with E-state index >= 15 is 0 Å². The number of rotatable bonds is 3. The summed E-state index contributed by atoms with van der Waals surface area (Å²) in [7, 11) is 1.95. The van der Waals surface area contributed by atoms with E-state index in [2.05, 4.69) is 35.7 Å². The Morgan fingerprint density at radius 1 is 1.29 bits per heavy atom. The second-order valence-corrected chi connectivity index (χ2v) is 4.15. The third kappa shape index (κ3) is 3.66. The molecule has 17 heavy (non-hydrogen) atoms. The molecule has 2 heteroatoms. The van der Waals surface area contributed by atoms with Crippen molar-refractivity contribution in [2.45, 2.75) is 25.4 Å². The fraction of sp³-hybridized carbons (Fsp3) is 0.333. The van der Waals surface area contributed by atoms with Gasteiger partial charge in [-0.05, 0) is 31.1 Å². The van der Waals surface area contributed by atoms with Gasteiger partial charge >= 0.3 is 0 Å². The molecule has 90 valence electrons. The first-order valence-corrected chi connectivity index (χ1v) is 6.13. The summed E-state index contributed by atoms with van der Waals surface area (Å²) in [6.45, 7) is 0. The van der Waals surface area contributed by atoms with Crippen LogP contribution in [-0.4, -0.2) is 13.2 Å². The summed E-state index contributed by atoms with van der Waals surface area (Å²) in [6.07, 6.45) is 19.9. The molecule has 0 aliphatic heterocycles. The van der Waals surface area contributed by atoms with E-state index in [0.717, 1.165) is 25.0 Å². The molecule has 0 aromatic carbocycles. The Morgan fingerprint density at radius 3 is 3.12 bits per heavy atom. The van der Waals surface area contributed by atoms with Gasteiger partial charge in [0, 0.05) is 19.2 Å². The first kappa shape index (κ1) is 11.8. The fourth-order valence-electron chi connectivity index (χ4n) is 1.90. The van der Waals surface area contributed by atoms with E-state index in [1.807, 2.05) is 25.3 Å². The van der Waals surface area contributed by atoms with Crippen molar-refractivity contribution in [2.24, 2.45) is 0 Å². The molecule has 0 saturated carbocycles. The van der Waals surface area contributed by atoms with Gasteiger partial charge in [0.1, 0.15) is 11.9 Å². The molecule has 0 fully saturated rings. The predicted octanol–water partition coefficient (Wildman–Crippen LogP) is 3.22. The van der Waals surface area contributed by atoms with Gasteiger partial charge in [0.2, 0.25) is 0 Å². The third-order valence-corrected chi connectivity index (χ3v) is 2.86. The van der Waals surface area contributed by atoms with Crippen LogP contribution in [0.5, 0.6) is 0 Å². The minimum atomic E-state index is 0.184. The van der Waals surface area contributed by atoms with E-state index in [0.29, 0.717) is 0 Å². The summed E-state index contributed by atoms with van der Waals surface area (Å²) in [5.74, 6) is 1.04. The van der Waals surface area contributed by atoms with Crippen molar-refractivity contribution in [1.29, 1.82) is 0 Å². The third-order valence-electron chi connectivity index (χ3n) is 2.86. The maximum Gasteiger partial charge on any atom is 0.117 e. The van der Waals surface area contributed by atoms with Gasteiger partial charge in [-0.1, -0.05) is 30.4 Å². The van der Waals surface area contributed by atoms with Crippen molar-refractivity contribution in [3.63, 3.8) is 0 Å². The van der Waals surface area contributed by atoms with E-state index in [9.17, 15) is 0 Å². The van der Waals surface area contributed by atoms with Gasteiger partial charge in [-0.25, -0.2) is 0 Å². The number of likely N-dealkylation sites (N-methyl/N-ethyl adjacent to an activating group) is 1. The highest BCUT2D eigenvalue weighted by molar-refractivity contribution is 5.22. The quantitative estimate of drug-likeness (QED) is 0.802. The monoisotopic (exact) mass is 229 g/mol. The molecule has 0 radical (unpaired) electrons. The van der Waals surface area contributed by atoms with Gasteiger partial charge in [-0.3, -0.25) is 0 Å². The molecular weight excluding hydrogens is 210 g/mol. The zero-order valence-electron chi connectivity index (χ0n) is 10.2. The summed E-state index contributed by atoms with van der Waals surface area (Å²) in [5.41, 5.74) is 1.17. The van der Waals surface area contributed by atoms with E-state index in [-0.39, 0.29) is 6.10 Å². The lowest BCUT2D eigenvalue weighted by Crippen LogP contribution is -2.08. The Morgan fingerprint density at radius 2 is 2.24 bits per heavy atom. The number of hydrogen-bond donors (Lipinski definition) is 1. The standard InChI is InChI=1S/C15H19NO/c1-16-13-7-6-10-15(12-11-13)17-14-8-4-2-3-5-9-14/h2-5,7-8,11-12,15-16H,6,9-10H2,1H3. The van der Waals surface area contributed by atoms with Crippen LogP contribution in [0.25, 0.3) is 0 Å². The molecule has 1 unspecified atom stereocenters. The largest absolute Gasteiger partial charge is 0.490 e. The van der Waals surface area contributed by atoms with Crippen molar-refractivity contribution < 1.29 is 4.74 Å². The SMILES string of the molecule is CNC1=CCCC(OC2=CC=CC=CC2)C=C1. The summed E-state index contributed by atoms with van der Waals surface area (Å²) < 4.78 is 6.00. The van der Waals surface area contributed by atoms with Crippen LogP contribution in [-0.2, 0) is 4.74 Å². The Kier molecular flexibility index (Phi) is 4.25. The lowest BCUT2D eigenvalue weighted by atomic mass is 10.2. The first-order valence-electron chi connectivity index (χ1n) is 6.13. The molecular formula is C15H19NO. The maximum atomic E-state index is 6.00. The van der Waals surface area contributed by atoms with E-state index in [4.69, 9.17) is 4.74 Å². The molecule has 0 aromatic heterocycles. The average Bonchev–Trinajstić information content (AvgIpc) is 2.72. The zero-order chi connectivity index (χ0) is 11.9. The van der Waals surface area contributed by atoms with Gasteiger partial charge in [0.25, 0.3) is 0 Å². The van der Waals surface area contributed by atoms with Crippen LogP contribution < -0.4 is 5.32 Å². The van der Waals surface area contributed by atoms with Crippen LogP contribution in [0.2, 0.25) is 0 Å². The number of ether oxygens (including phenoxy) is 1. The minimum Gasteiger partial charge on any atom is -0.490 e. The lowest BCUT2D eigenvalue weighted by Gasteiger charge is -2.15. The van der Waals surface area contributed by atoms with Crippen molar-refractivity contribution in [3.8, 4) is 0 Å². The normalized spacial score (nSPS) is 23.5. The molecule has 2 rings (SSSR count). The molecule has 2 aliphatic rings. The van der Waals surface area contributed by atoms with Crippen LogP contribution in [0.4, 0.5) is 0 Å². The van der Waals surface area contributed by atoms with Crippen LogP contribution in [0.1, 0.15) is 19.3 Å². The van der Waals surface area contributed by atoms with Crippen LogP contribution in [0, 0.1) is 0 Å². The van der Waals surface area contributed by atoms with Crippen LogP contribution in [0.15, 0.2) is 60.1 Å². The molecule has 0 saturated heterocycles.